The van der Waals surface area contributed by atoms with Crippen molar-refractivity contribution in [3.05, 3.63) is 73.7 Å². The SMILES string of the molecule is COC(=O)C1Cc2ccccc2CN1C(=O)c1cc(Cn2nc(C)c(Cl)c2C)cs1. The maximum atomic E-state index is 13.3. The lowest BCUT2D eigenvalue weighted by atomic mass is 9.93. The maximum absolute atomic E-state index is 13.3. The smallest absolute Gasteiger partial charge is 0.328 e. The number of rotatable bonds is 4. The van der Waals surface area contributed by atoms with Crippen LogP contribution in [0.2, 0.25) is 5.02 Å². The van der Waals surface area contributed by atoms with Crippen LogP contribution in [0, 0.1) is 13.8 Å². The molecule has 1 amide bonds. The van der Waals surface area contributed by atoms with E-state index in [1.165, 1.54) is 18.4 Å². The van der Waals surface area contributed by atoms with Crippen LogP contribution in [0.5, 0.6) is 0 Å². The van der Waals surface area contributed by atoms with Gasteiger partial charge in [0.05, 0.1) is 34.9 Å². The van der Waals surface area contributed by atoms with E-state index in [1.807, 2.05) is 54.2 Å². The molecule has 8 heteroatoms. The molecule has 3 heterocycles. The summed E-state index contributed by atoms with van der Waals surface area (Å²) < 4.78 is 6.81. The first-order valence-electron chi connectivity index (χ1n) is 9.61. The average Bonchev–Trinajstić information content (AvgIpc) is 3.32. The van der Waals surface area contributed by atoms with E-state index in [2.05, 4.69) is 5.10 Å². The normalized spacial score (nSPS) is 15.7. The van der Waals surface area contributed by atoms with Crippen molar-refractivity contribution in [1.29, 1.82) is 0 Å². The van der Waals surface area contributed by atoms with Gasteiger partial charge in [-0.2, -0.15) is 5.10 Å². The highest BCUT2D eigenvalue weighted by Crippen LogP contribution is 2.28. The van der Waals surface area contributed by atoms with Crippen molar-refractivity contribution in [2.24, 2.45) is 0 Å². The molecule has 1 aliphatic heterocycles. The Bertz CT molecular complexity index is 1120. The number of methoxy groups -OCH3 is 1. The van der Waals surface area contributed by atoms with Crippen molar-refractivity contribution in [2.75, 3.05) is 7.11 Å². The highest BCUT2D eigenvalue weighted by atomic mass is 35.5. The number of hydrogen-bond donors (Lipinski definition) is 0. The van der Waals surface area contributed by atoms with Crippen LogP contribution in [-0.2, 0) is 29.0 Å². The van der Waals surface area contributed by atoms with Crippen LogP contribution in [0.1, 0.15) is 37.7 Å². The zero-order valence-electron chi connectivity index (χ0n) is 17.0. The van der Waals surface area contributed by atoms with E-state index in [4.69, 9.17) is 16.3 Å². The number of thiophene rings is 1. The summed E-state index contributed by atoms with van der Waals surface area (Å²) in [5.41, 5.74) is 4.78. The van der Waals surface area contributed by atoms with Gasteiger partial charge in [0, 0.05) is 13.0 Å². The second kappa shape index (κ2) is 8.24. The second-order valence-electron chi connectivity index (χ2n) is 7.41. The minimum absolute atomic E-state index is 0.164. The zero-order valence-corrected chi connectivity index (χ0v) is 18.6. The van der Waals surface area contributed by atoms with Gasteiger partial charge in [0.1, 0.15) is 6.04 Å². The first kappa shape index (κ1) is 20.6. The Morgan fingerprint density at radius 2 is 2.00 bits per heavy atom. The number of carbonyl (C=O) groups is 2. The standard InChI is InChI=1S/C22H22ClN3O3S/c1-13-20(23)14(2)26(24-13)10-15-8-19(30-12-15)21(27)25-11-17-7-5-4-6-16(17)9-18(25)22(28)29-3/h4-8,12,18H,9-11H2,1-3H3. The Hall–Kier alpha value is -2.64. The minimum atomic E-state index is -0.627. The van der Waals surface area contributed by atoms with Crippen LogP contribution in [0.25, 0.3) is 0 Å². The molecule has 1 aliphatic rings. The van der Waals surface area contributed by atoms with Crippen LogP contribution in [0.4, 0.5) is 0 Å². The maximum Gasteiger partial charge on any atom is 0.328 e. The molecular formula is C22H22ClN3O3S. The van der Waals surface area contributed by atoms with Crippen LogP contribution < -0.4 is 0 Å². The molecule has 4 rings (SSSR count). The topological polar surface area (TPSA) is 64.4 Å². The number of ether oxygens (including phenoxy) is 1. The second-order valence-corrected chi connectivity index (χ2v) is 8.70. The molecule has 3 aromatic rings. The highest BCUT2D eigenvalue weighted by molar-refractivity contribution is 7.12. The lowest BCUT2D eigenvalue weighted by Gasteiger charge is -2.34. The molecule has 1 unspecified atom stereocenters. The van der Waals surface area contributed by atoms with Gasteiger partial charge in [-0.25, -0.2) is 4.79 Å². The molecule has 156 valence electrons. The van der Waals surface area contributed by atoms with Gasteiger partial charge in [0.2, 0.25) is 0 Å². The lowest BCUT2D eigenvalue weighted by Crippen LogP contribution is -2.49. The quantitative estimate of drug-likeness (QED) is 0.571. The number of carbonyl (C=O) groups excluding carboxylic acids is 2. The Balaban J connectivity index is 1.58. The molecule has 0 saturated heterocycles. The third-order valence-corrected chi connectivity index (χ3v) is 6.99. The van der Waals surface area contributed by atoms with E-state index >= 15 is 0 Å². The van der Waals surface area contributed by atoms with Crippen LogP contribution in [-0.4, -0.2) is 39.7 Å². The predicted octanol–water partition coefficient (Wildman–Crippen LogP) is 4.00. The molecule has 0 aliphatic carbocycles. The van der Waals surface area contributed by atoms with Gasteiger partial charge >= 0.3 is 5.97 Å². The molecule has 6 nitrogen and oxygen atoms in total. The van der Waals surface area contributed by atoms with E-state index in [-0.39, 0.29) is 5.91 Å². The van der Waals surface area contributed by atoms with Crippen LogP contribution in [0.15, 0.2) is 35.7 Å². The number of hydrogen-bond acceptors (Lipinski definition) is 5. The van der Waals surface area contributed by atoms with Gasteiger partial charge in [-0.1, -0.05) is 35.9 Å². The fraction of sp³-hybridized carbons (Fsp3) is 0.318. The number of fused-ring (bicyclic) bond motifs is 1. The van der Waals surface area contributed by atoms with Crippen molar-refractivity contribution in [1.82, 2.24) is 14.7 Å². The lowest BCUT2D eigenvalue weighted by molar-refractivity contribution is -0.146. The number of halogens is 1. The van der Waals surface area contributed by atoms with Gasteiger partial charge in [0.25, 0.3) is 5.91 Å². The zero-order chi connectivity index (χ0) is 21.4. The number of aromatic nitrogens is 2. The number of nitrogens with zero attached hydrogens (tertiary/aromatic N) is 3. The van der Waals surface area contributed by atoms with Gasteiger partial charge in [0.15, 0.2) is 0 Å². The van der Waals surface area contributed by atoms with Crippen molar-refractivity contribution in [3.8, 4) is 0 Å². The first-order chi connectivity index (χ1) is 14.4. The monoisotopic (exact) mass is 443 g/mol. The first-order valence-corrected chi connectivity index (χ1v) is 10.9. The van der Waals surface area contributed by atoms with Gasteiger partial charge in [-0.05, 0) is 42.0 Å². The summed E-state index contributed by atoms with van der Waals surface area (Å²) in [6.07, 6.45) is 0.455. The summed E-state index contributed by atoms with van der Waals surface area (Å²) in [6.45, 7) is 4.71. The molecule has 0 radical (unpaired) electrons. The summed E-state index contributed by atoms with van der Waals surface area (Å²) in [6, 6.07) is 9.12. The highest BCUT2D eigenvalue weighted by Gasteiger charge is 2.36. The Kier molecular flexibility index (Phi) is 5.66. The molecule has 1 aromatic carbocycles. The molecule has 2 aromatic heterocycles. The van der Waals surface area contributed by atoms with Crippen molar-refractivity contribution in [2.45, 2.75) is 39.4 Å². The average molecular weight is 444 g/mol. The Morgan fingerprint density at radius 3 is 2.67 bits per heavy atom. The minimum Gasteiger partial charge on any atom is -0.467 e. The molecule has 0 N–H and O–H groups in total. The van der Waals surface area contributed by atoms with Gasteiger partial charge < -0.3 is 9.64 Å². The van der Waals surface area contributed by atoms with E-state index < -0.39 is 12.0 Å². The third kappa shape index (κ3) is 3.75. The van der Waals surface area contributed by atoms with E-state index in [9.17, 15) is 9.59 Å². The van der Waals surface area contributed by atoms with Gasteiger partial charge in [-0.15, -0.1) is 11.3 Å². The Morgan fingerprint density at radius 1 is 1.27 bits per heavy atom. The molecule has 0 fully saturated rings. The van der Waals surface area contributed by atoms with Crippen molar-refractivity contribution < 1.29 is 14.3 Å². The predicted molar refractivity (Wildman–Crippen MR) is 116 cm³/mol. The van der Waals surface area contributed by atoms with Crippen molar-refractivity contribution in [3.63, 3.8) is 0 Å². The number of esters is 1. The summed E-state index contributed by atoms with van der Waals surface area (Å²) in [5, 5.41) is 7.06. The van der Waals surface area contributed by atoms with Gasteiger partial charge in [-0.3, -0.25) is 9.48 Å². The van der Waals surface area contributed by atoms with E-state index in [0.29, 0.717) is 29.4 Å². The molecule has 0 saturated carbocycles. The molecular weight excluding hydrogens is 422 g/mol. The van der Waals surface area contributed by atoms with Crippen LogP contribution in [0.3, 0.4) is 0 Å². The summed E-state index contributed by atoms with van der Waals surface area (Å²) >= 11 is 7.61. The molecule has 1 atom stereocenters. The molecule has 30 heavy (non-hydrogen) atoms. The summed E-state index contributed by atoms with van der Waals surface area (Å²) in [4.78, 5) is 27.9. The largest absolute Gasteiger partial charge is 0.467 e. The van der Waals surface area contributed by atoms with E-state index in [0.717, 1.165) is 28.1 Å². The molecule has 0 spiro atoms. The fourth-order valence-corrected chi connectivity index (χ4v) is 4.79. The number of benzene rings is 1. The Labute approximate surface area is 184 Å². The summed E-state index contributed by atoms with van der Waals surface area (Å²) in [7, 11) is 1.36. The fourth-order valence-electron chi connectivity index (χ4n) is 3.80. The van der Waals surface area contributed by atoms with Crippen LogP contribution >= 0.6 is 22.9 Å². The summed E-state index contributed by atoms with van der Waals surface area (Å²) in [5.74, 6) is -0.561. The number of amides is 1. The molecule has 0 bridgehead atoms. The van der Waals surface area contributed by atoms with Crippen molar-refractivity contribution >= 4 is 34.8 Å². The third-order valence-electron chi connectivity index (χ3n) is 5.47. The van der Waals surface area contributed by atoms with E-state index in [1.54, 1.807) is 4.90 Å². The number of aryl methyl sites for hydroxylation is 1.